The van der Waals surface area contributed by atoms with E-state index in [0.717, 1.165) is 0 Å². The van der Waals surface area contributed by atoms with Crippen molar-refractivity contribution in [3.63, 3.8) is 0 Å². The molecular weight excluding hydrogens is 728 g/mol. The maximum atomic E-state index is 14.4. The van der Waals surface area contributed by atoms with Crippen LogP contribution in [0.15, 0.2) is 36.1 Å². The zero-order valence-electron chi connectivity index (χ0n) is 33.3. The minimum atomic E-state index is -2.02. The molecule has 2 aromatic rings. The maximum absolute atomic E-state index is 14.4. The average molecular weight is 783 g/mol. The van der Waals surface area contributed by atoms with Crippen LogP contribution in [0.1, 0.15) is 64.4 Å². The number of fused-ring (bicyclic) bond motifs is 14. The number of carbonyl (C=O) groups excluding carboxylic acids is 3. The van der Waals surface area contributed by atoms with Gasteiger partial charge in [-0.05, 0) is 19.9 Å². The number of rotatable bonds is 3. The molecule has 4 heterocycles. The third-order valence-corrected chi connectivity index (χ3v) is 11.3. The fourth-order valence-electron chi connectivity index (χ4n) is 7.80. The summed E-state index contributed by atoms with van der Waals surface area (Å²) in [6.07, 6.45) is 3.63. The molecule has 1 amide bonds. The minimum absolute atomic E-state index is 0.00916. The Hall–Kier alpha value is -4.83. The fraction of sp³-hybridized carbons (Fsp3) is 0.537. The van der Waals surface area contributed by atoms with E-state index in [1.165, 1.54) is 53.2 Å². The fourth-order valence-corrected chi connectivity index (χ4v) is 7.80. The molecule has 1 saturated heterocycles. The van der Waals surface area contributed by atoms with Crippen LogP contribution in [-0.4, -0.2) is 107 Å². The summed E-state index contributed by atoms with van der Waals surface area (Å²) in [5.41, 5.74) is -0.0724. The number of amides is 1. The number of hydrogen-bond donors (Lipinski definition) is 6. The highest BCUT2D eigenvalue weighted by molar-refractivity contribution is 6.23. The van der Waals surface area contributed by atoms with Gasteiger partial charge in [0.2, 0.25) is 0 Å². The predicted molar refractivity (Wildman–Crippen MR) is 207 cm³/mol. The number of phenols is 3. The number of aliphatic hydroxyl groups is 2. The van der Waals surface area contributed by atoms with Crippen LogP contribution in [0.3, 0.4) is 0 Å². The minimum Gasteiger partial charge on any atom is -0.507 e. The number of morpholine rings is 1. The van der Waals surface area contributed by atoms with Gasteiger partial charge < -0.3 is 59.4 Å². The van der Waals surface area contributed by atoms with Gasteiger partial charge in [-0.1, -0.05) is 45.9 Å². The van der Waals surface area contributed by atoms with Crippen molar-refractivity contribution in [3.05, 3.63) is 47.3 Å². The molecule has 56 heavy (non-hydrogen) atoms. The first kappa shape index (κ1) is 42.3. The van der Waals surface area contributed by atoms with Gasteiger partial charge in [0.15, 0.2) is 5.75 Å². The number of benzene rings is 2. The number of aromatic hydroxyl groups is 3. The number of phenolic OH excluding ortho intramolecular Hbond substituents is 3. The van der Waals surface area contributed by atoms with Crippen LogP contribution < -0.4 is 15.0 Å². The lowest BCUT2D eigenvalue weighted by Crippen LogP contribution is -2.46. The molecule has 9 atom stereocenters. The van der Waals surface area contributed by atoms with Crippen LogP contribution in [0.25, 0.3) is 10.8 Å². The molecule has 0 aliphatic carbocycles. The smallest absolute Gasteiger partial charge is 0.312 e. The first-order chi connectivity index (χ1) is 26.4. The molecule has 15 nitrogen and oxygen atoms in total. The van der Waals surface area contributed by atoms with Gasteiger partial charge in [-0.25, -0.2) is 0 Å². The summed E-state index contributed by atoms with van der Waals surface area (Å²) in [7, 11) is 1.44. The summed E-state index contributed by atoms with van der Waals surface area (Å²) < 4.78 is 29.1. The molecule has 1 fully saturated rings. The second kappa shape index (κ2) is 16.7. The van der Waals surface area contributed by atoms with Gasteiger partial charge >= 0.3 is 11.8 Å². The van der Waals surface area contributed by atoms with E-state index in [0.29, 0.717) is 0 Å². The van der Waals surface area contributed by atoms with Gasteiger partial charge in [0.1, 0.15) is 34.7 Å². The SMILES string of the molecule is CO[C@H]1/C=C\O[C@@]2(C)Oc3c(C)c(O)c4c(O)c(c(N5CCOCC5)c(O)c4c3C2=O)NC(=O)/C(C)=C\C=C/[C@H](C)[C@H](O)[C@@H](C)[C@@H](O)[C@@H](C)[C@H](OC(C)=O)[C@@H]1C. The number of carbonyl (C=O) groups is 3. The molecule has 6 N–H and O–H groups in total. The number of methoxy groups -OCH3 is 1. The first-order valence-corrected chi connectivity index (χ1v) is 18.8. The molecule has 2 aromatic carbocycles. The number of allylic oxidation sites excluding steroid dienone is 2. The van der Waals surface area contributed by atoms with Crippen molar-refractivity contribution in [3.8, 4) is 23.0 Å². The lowest BCUT2D eigenvalue weighted by Gasteiger charge is -2.38. The Labute approximate surface area is 326 Å². The van der Waals surface area contributed by atoms with E-state index < -0.39 is 88.8 Å². The number of hydrogen-bond acceptors (Lipinski definition) is 14. The van der Waals surface area contributed by atoms with Crippen molar-refractivity contribution in [1.29, 1.82) is 0 Å². The number of anilines is 2. The van der Waals surface area contributed by atoms with Crippen LogP contribution in [0, 0.1) is 30.6 Å². The number of esters is 1. The molecule has 6 rings (SSSR count). The Balaban J connectivity index is 1.71. The van der Waals surface area contributed by atoms with Crippen LogP contribution in [0.4, 0.5) is 11.4 Å². The number of ketones is 1. The van der Waals surface area contributed by atoms with Crippen molar-refractivity contribution >= 4 is 39.8 Å². The van der Waals surface area contributed by atoms with E-state index in [1.54, 1.807) is 44.7 Å². The average Bonchev–Trinajstić information content (AvgIpc) is 3.43. The van der Waals surface area contributed by atoms with E-state index >= 15 is 0 Å². The summed E-state index contributed by atoms with van der Waals surface area (Å²) in [6, 6.07) is 0. The van der Waals surface area contributed by atoms with Gasteiger partial charge in [-0.2, -0.15) is 0 Å². The first-order valence-electron chi connectivity index (χ1n) is 18.8. The second-order valence-corrected chi connectivity index (χ2v) is 15.2. The van der Waals surface area contributed by atoms with Crippen LogP contribution >= 0.6 is 0 Å². The number of aliphatic hydroxyl groups excluding tert-OH is 2. The maximum Gasteiger partial charge on any atom is 0.312 e. The van der Waals surface area contributed by atoms with Crippen LogP contribution in [-0.2, 0) is 28.5 Å². The third-order valence-electron chi connectivity index (χ3n) is 11.3. The Kier molecular flexibility index (Phi) is 12.6. The Morgan fingerprint density at radius 1 is 0.929 bits per heavy atom. The molecule has 0 spiro atoms. The zero-order chi connectivity index (χ0) is 41.4. The molecular formula is C41H54N2O13. The normalized spacial score (nSPS) is 32.6. The van der Waals surface area contributed by atoms with Crippen LogP contribution in [0.5, 0.6) is 23.0 Å². The zero-order valence-corrected chi connectivity index (χ0v) is 33.3. The van der Waals surface area contributed by atoms with Crippen LogP contribution in [0.2, 0.25) is 0 Å². The summed E-state index contributed by atoms with van der Waals surface area (Å²) in [4.78, 5) is 42.1. The highest BCUT2D eigenvalue weighted by atomic mass is 16.7. The molecule has 0 saturated carbocycles. The van der Waals surface area contributed by atoms with E-state index in [4.69, 9.17) is 23.7 Å². The largest absolute Gasteiger partial charge is 0.507 e. The summed E-state index contributed by atoms with van der Waals surface area (Å²) >= 11 is 0. The van der Waals surface area contributed by atoms with E-state index in [2.05, 4.69) is 5.32 Å². The van der Waals surface area contributed by atoms with Gasteiger partial charge in [-0.3, -0.25) is 14.4 Å². The predicted octanol–water partition coefficient (Wildman–Crippen LogP) is 4.59. The summed E-state index contributed by atoms with van der Waals surface area (Å²) in [5.74, 6) is -8.09. The summed E-state index contributed by atoms with van der Waals surface area (Å²) in [5, 5.41) is 60.5. The highest BCUT2D eigenvalue weighted by Gasteiger charge is 2.50. The molecule has 5 bridgehead atoms. The number of nitrogens with one attached hydrogen (secondary N) is 1. The van der Waals surface area contributed by atoms with Gasteiger partial charge in [0, 0.05) is 74.2 Å². The quantitative estimate of drug-likeness (QED) is 0.143. The molecule has 4 aliphatic heterocycles. The number of ether oxygens (including phenoxy) is 5. The topological polar surface area (TPSA) is 214 Å². The second-order valence-electron chi connectivity index (χ2n) is 15.2. The molecule has 0 unspecified atom stereocenters. The van der Waals surface area contributed by atoms with Crippen molar-refractivity contribution < 1.29 is 63.6 Å². The molecule has 0 aromatic heterocycles. The van der Waals surface area contributed by atoms with E-state index in [1.807, 2.05) is 0 Å². The van der Waals surface area contributed by atoms with Crippen molar-refractivity contribution in [2.45, 2.75) is 85.6 Å². The van der Waals surface area contributed by atoms with Gasteiger partial charge in [-0.15, -0.1) is 0 Å². The van der Waals surface area contributed by atoms with Crippen molar-refractivity contribution in [1.82, 2.24) is 0 Å². The Morgan fingerprint density at radius 3 is 2.21 bits per heavy atom. The Morgan fingerprint density at radius 2 is 1.59 bits per heavy atom. The molecule has 0 radical (unpaired) electrons. The van der Waals surface area contributed by atoms with E-state index in [-0.39, 0.29) is 70.9 Å². The number of Topliss-reactive ketones (excluding diaryl/α,β-unsaturated/α-hetero) is 1. The molecule has 4 aliphatic rings. The van der Waals surface area contributed by atoms with Gasteiger partial charge in [0.25, 0.3) is 11.7 Å². The lowest BCUT2D eigenvalue weighted by atomic mass is 9.78. The van der Waals surface area contributed by atoms with Gasteiger partial charge in [0.05, 0.1) is 48.7 Å². The van der Waals surface area contributed by atoms with Crippen molar-refractivity contribution in [2.24, 2.45) is 23.7 Å². The van der Waals surface area contributed by atoms with Crippen molar-refractivity contribution in [2.75, 3.05) is 43.6 Å². The lowest BCUT2D eigenvalue weighted by molar-refractivity contribution is -0.160. The molecule has 306 valence electrons. The third kappa shape index (κ3) is 7.77. The highest BCUT2D eigenvalue weighted by Crippen LogP contribution is 2.57. The molecule has 15 heteroatoms. The summed E-state index contributed by atoms with van der Waals surface area (Å²) in [6.45, 7) is 13.6. The standard InChI is InChI=1S/C41H54N2O13/c1-19-11-10-12-20(2)40(51)42-30-31(43-14-17-53-18-15-43)36(49)27-28(35(30)48)34(47)24(6)38-29(27)39(50)41(8,56-38)54-16-13-26(52-9)21(3)37(55-25(7)44)23(5)33(46)22(4)32(19)45/h10-13,16,19,21-23,26,32-33,37,45-49H,14-15,17-18H2,1-9H3,(H,42,51)/b11-10-,16-13-,20-12-/t19-,21+,22+,23+,26-,32-,33+,37+,41-/m0/s1. The monoisotopic (exact) mass is 782 g/mol. The Bertz CT molecular complexity index is 1950. The number of nitrogens with zero attached hydrogens (tertiary/aromatic N) is 1. The van der Waals surface area contributed by atoms with E-state index in [9.17, 15) is 39.9 Å².